The molecule has 1 atom stereocenters. The summed E-state index contributed by atoms with van der Waals surface area (Å²) < 4.78 is 27.4. The molecule has 1 aromatic rings. The average molecular weight is 411 g/mol. The van der Waals surface area contributed by atoms with Crippen molar-refractivity contribution in [3.05, 3.63) is 24.3 Å². The fourth-order valence-corrected chi connectivity index (χ4v) is 4.28. The van der Waals surface area contributed by atoms with Crippen LogP contribution in [0, 0.1) is 0 Å². The molecule has 0 saturated carbocycles. The van der Waals surface area contributed by atoms with Gasteiger partial charge in [-0.25, -0.2) is 13.1 Å². The van der Waals surface area contributed by atoms with E-state index in [4.69, 9.17) is 0 Å². The van der Waals surface area contributed by atoms with E-state index in [0.717, 1.165) is 19.4 Å². The van der Waals surface area contributed by atoms with Crippen LogP contribution in [-0.4, -0.2) is 69.8 Å². The Bertz CT molecular complexity index is 778. The molecule has 0 bridgehead atoms. The summed E-state index contributed by atoms with van der Waals surface area (Å²) in [6, 6.07) is 5.99. The second kappa shape index (κ2) is 9.99. The Hall–Kier alpha value is -1.97. The van der Waals surface area contributed by atoms with Crippen LogP contribution in [0.3, 0.4) is 0 Å². The van der Waals surface area contributed by atoms with Gasteiger partial charge in [-0.15, -0.1) is 0 Å². The molecule has 0 aromatic heterocycles. The highest BCUT2D eigenvalue weighted by atomic mass is 32.2. The third kappa shape index (κ3) is 6.02. The van der Waals surface area contributed by atoms with Gasteiger partial charge in [-0.05, 0) is 50.1 Å². The van der Waals surface area contributed by atoms with E-state index in [1.54, 1.807) is 38.1 Å². The molecule has 9 heteroatoms. The van der Waals surface area contributed by atoms with E-state index >= 15 is 0 Å². The molecule has 2 rings (SSSR count). The minimum Gasteiger partial charge on any atom is -0.347 e. The largest absolute Gasteiger partial charge is 0.347 e. The number of carbonyl (C=O) groups is 2. The number of nitrogens with one attached hydrogen (secondary N) is 2. The summed E-state index contributed by atoms with van der Waals surface area (Å²) in [5.41, 5.74) is 0.566. The van der Waals surface area contributed by atoms with Gasteiger partial charge < -0.3 is 10.2 Å². The van der Waals surface area contributed by atoms with Crippen molar-refractivity contribution in [1.29, 1.82) is 0 Å². The number of amides is 2. The molecule has 1 aliphatic rings. The fourth-order valence-electron chi connectivity index (χ4n) is 3.21. The number of anilines is 1. The van der Waals surface area contributed by atoms with Crippen LogP contribution >= 0.6 is 0 Å². The Balaban J connectivity index is 1.83. The van der Waals surface area contributed by atoms with Gasteiger partial charge in [0.05, 0.1) is 10.9 Å². The molecule has 1 heterocycles. The molecule has 1 saturated heterocycles. The maximum atomic E-state index is 12.4. The quantitative estimate of drug-likeness (QED) is 0.597. The first-order valence-corrected chi connectivity index (χ1v) is 11.1. The Morgan fingerprint density at radius 1 is 1.21 bits per heavy atom. The van der Waals surface area contributed by atoms with E-state index in [9.17, 15) is 18.0 Å². The number of likely N-dealkylation sites (N-methyl/N-ethyl adjacent to an activating group) is 1. The summed E-state index contributed by atoms with van der Waals surface area (Å²) in [5, 5.41) is 2.68. The van der Waals surface area contributed by atoms with E-state index in [1.165, 1.54) is 12.1 Å². The van der Waals surface area contributed by atoms with E-state index in [0.29, 0.717) is 31.6 Å². The lowest BCUT2D eigenvalue weighted by Gasteiger charge is -2.26. The van der Waals surface area contributed by atoms with Crippen LogP contribution in [0.2, 0.25) is 0 Å². The SMILES string of the molecule is CCC(=O)Nc1ccc(S(=O)(=O)NCCCN2CCCC2C(=O)N(C)C)cc1. The van der Waals surface area contributed by atoms with E-state index in [2.05, 4.69) is 14.9 Å². The maximum Gasteiger partial charge on any atom is 0.240 e. The minimum atomic E-state index is -3.61. The van der Waals surface area contributed by atoms with Crippen LogP contribution in [-0.2, 0) is 19.6 Å². The van der Waals surface area contributed by atoms with E-state index in [1.807, 2.05) is 0 Å². The Kier molecular flexibility index (Phi) is 7.97. The molecule has 156 valence electrons. The number of rotatable bonds is 9. The monoisotopic (exact) mass is 410 g/mol. The number of benzene rings is 1. The maximum absolute atomic E-state index is 12.4. The second-order valence-electron chi connectivity index (χ2n) is 7.10. The standard InChI is InChI=1S/C19H30N4O4S/c1-4-18(24)21-15-8-10-16(11-9-15)28(26,27)20-12-6-14-23-13-5-7-17(23)19(25)22(2)3/h8-11,17,20H,4-7,12-14H2,1-3H3,(H,21,24). The summed E-state index contributed by atoms with van der Waals surface area (Å²) in [7, 11) is -0.0948. The zero-order valence-corrected chi connectivity index (χ0v) is 17.6. The number of likely N-dealkylation sites (tertiary alicyclic amines) is 1. The number of nitrogens with zero attached hydrogens (tertiary/aromatic N) is 2. The Labute approximate surface area is 167 Å². The van der Waals surface area contributed by atoms with Crippen molar-refractivity contribution in [1.82, 2.24) is 14.5 Å². The van der Waals surface area contributed by atoms with Crippen molar-refractivity contribution < 1.29 is 18.0 Å². The predicted octanol–water partition coefficient (Wildman–Crippen LogP) is 1.26. The van der Waals surface area contributed by atoms with Gasteiger partial charge in [0.2, 0.25) is 21.8 Å². The summed E-state index contributed by atoms with van der Waals surface area (Å²) >= 11 is 0. The highest BCUT2D eigenvalue weighted by Crippen LogP contribution is 2.19. The summed E-state index contributed by atoms with van der Waals surface area (Å²) in [6.07, 6.45) is 2.82. The van der Waals surface area contributed by atoms with Crippen molar-refractivity contribution in [2.75, 3.05) is 39.0 Å². The van der Waals surface area contributed by atoms with Crippen molar-refractivity contribution in [3.8, 4) is 0 Å². The molecule has 0 aliphatic carbocycles. The lowest BCUT2D eigenvalue weighted by Crippen LogP contribution is -2.43. The molecule has 28 heavy (non-hydrogen) atoms. The van der Waals surface area contributed by atoms with Gasteiger partial charge in [-0.1, -0.05) is 6.92 Å². The van der Waals surface area contributed by atoms with Crippen molar-refractivity contribution in [3.63, 3.8) is 0 Å². The number of sulfonamides is 1. The topological polar surface area (TPSA) is 98.8 Å². The van der Waals surface area contributed by atoms with Gasteiger partial charge in [0, 0.05) is 39.3 Å². The first-order chi connectivity index (χ1) is 13.2. The van der Waals surface area contributed by atoms with Crippen molar-refractivity contribution in [2.45, 2.75) is 43.5 Å². The molecule has 0 spiro atoms. The lowest BCUT2D eigenvalue weighted by molar-refractivity contribution is -0.133. The van der Waals surface area contributed by atoms with Crippen LogP contribution in [0.4, 0.5) is 5.69 Å². The van der Waals surface area contributed by atoms with Gasteiger partial charge in [-0.3, -0.25) is 14.5 Å². The van der Waals surface area contributed by atoms with Gasteiger partial charge in [-0.2, -0.15) is 0 Å². The van der Waals surface area contributed by atoms with Crippen molar-refractivity contribution >= 4 is 27.5 Å². The van der Waals surface area contributed by atoms with Crippen LogP contribution in [0.1, 0.15) is 32.6 Å². The predicted molar refractivity (Wildman–Crippen MR) is 108 cm³/mol. The van der Waals surface area contributed by atoms with Gasteiger partial charge >= 0.3 is 0 Å². The van der Waals surface area contributed by atoms with Gasteiger partial charge in [0.25, 0.3) is 0 Å². The van der Waals surface area contributed by atoms with Crippen molar-refractivity contribution in [2.24, 2.45) is 0 Å². The fraction of sp³-hybridized carbons (Fsp3) is 0.579. The first-order valence-electron chi connectivity index (χ1n) is 9.59. The average Bonchev–Trinajstić information content (AvgIpc) is 3.13. The number of hydrogen-bond acceptors (Lipinski definition) is 5. The molecule has 0 radical (unpaired) electrons. The van der Waals surface area contributed by atoms with E-state index in [-0.39, 0.29) is 22.8 Å². The van der Waals surface area contributed by atoms with E-state index < -0.39 is 10.0 Å². The van der Waals surface area contributed by atoms with Crippen LogP contribution in [0.5, 0.6) is 0 Å². The highest BCUT2D eigenvalue weighted by molar-refractivity contribution is 7.89. The third-order valence-corrected chi connectivity index (χ3v) is 6.25. The molecule has 1 fully saturated rings. The number of hydrogen-bond donors (Lipinski definition) is 2. The Morgan fingerprint density at radius 3 is 2.50 bits per heavy atom. The normalized spacial score (nSPS) is 17.5. The summed E-state index contributed by atoms with van der Waals surface area (Å²) in [5.74, 6) is -0.0185. The van der Waals surface area contributed by atoms with Crippen LogP contribution in [0.25, 0.3) is 0 Å². The highest BCUT2D eigenvalue weighted by Gasteiger charge is 2.31. The smallest absolute Gasteiger partial charge is 0.240 e. The molecule has 8 nitrogen and oxygen atoms in total. The molecular formula is C19H30N4O4S. The summed E-state index contributed by atoms with van der Waals surface area (Å²) in [6.45, 7) is 3.59. The first kappa shape index (κ1) is 22.3. The zero-order chi connectivity index (χ0) is 20.7. The Morgan fingerprint density at radius 2 is 1.89 bits per heavy atom. The third-order valence-electron chi connectivity index (χ3n) is 4.77. The molecular weight excluding hydrogens is 380 g/mol. The molecule has 2 N–H and O–H groups in total. The zero-order valence-electron chi connectivity index (χ0n) is 16.8. The van der Waals surface area contributed by atoms with Gasteiger partial charge in [0.1, 0.15) is 0 Å². The van der Waals surface area contributed by atoms with Gasteiger partial charge in [0.15, 0.2) is 0 Å². The minimum absolute atomic E-state index is 0.0996. The lowest BCUT2D eigenvalue weighted by atomic mass is 10.2. The molecule has 1 aromatic carbocycles. The van der Waals surface area contributed by atoms with Crippen LogP contribution in [0.15, 0.2) is 29.2 Å². The molecule has 2 amide bonds. The second-order valence-corrected chi connectivity index (χ2v) is 8.87. The number of carbonyl (C=O) groups excluding carboxylic acids is 2. The molecule has 1 aliphatic heterocycles. The molecule has 1 unspecified atom stereocenters. The summed E-state index contributed by atoms with van der Waals surface area (Å²) in [4.78, 5) is 27.5. The van der Waals surface area contributed by atoms with Crippen LogP contribution < -0.4 is 10.0 Å².